The van der Waals surface area contributed by atoms with Gasteiger partial charge in [-0.1, -0.05) is 72.5 Å². The van der Waals surface area contributed by atoms with Crippen molar-refractivity contribution in [3.05, 3.63) is 109 Å². The van der Waals surface area contributed by atoms with E-state index in [9.17, 15) is 14.4 Å². The molecule has 0 spiro atoms. The second kappa shape index (κ2) is 9.84. The first-order valence-corrected chi connectivity index (χ1v) is 11.4. The maximum atomic E-state index is 13.6. The molecule has 1 atom stereocenters. The summed E-state index contributed by atoms with van der Waals surface area (Å²) in [5, 5.41) is 0. The van der Waals surface area contributed by atoms with Crippen LogP contribution < -0.4 is 19.6 Å². The average molecular weight is 475 g/mol. The Kier molecular flexibility index (Phi) is 6.70. The summed E-state index contributed by atoms with van der Waals surface area (Å²) in [7, 11) is 0. The van der Waals surface area contributed by atoms with E-state index in [1.54, 1.807) is 37.3 Å². The van der Waals surface area contributed by atoms with E-state index in [4.69, 9.17) is 9.47 Å². The number of para-hydroxylation sites is 1. The fraction of sp³-hybridized carbons (Fsp3) is 0.154. The Balaban J connectivity index is 1.92. The Morgan fingerprint density at radius 2 is 1.85 bits per heavy atom. The summed E-state index contributed by atoms with van der Waals surface area (Å²) in [4.78, 5) is 43.1. The molecule has 3 aromatic rings. The third-order valence-corrected chi connectivity index (χ3v) is 6.13. The number of thiazole rings is 1. The Labute approximate surface area is 199 Å². The lowest BCUT2D eigenvalue weighted by atomic mass is 9.96. The van der Waals surface area contributed by atoms with Crippen molar-refractivity contribution < 1.29 is 19.1 Å². The quantitative estimate of drug-likeness (QED) is 0.312. The summed E-state index contributed by atoms with van der Waals surface area (Å²) >= 11 is 1.20. The number of hydrogen-bond donors (Lipinski definition) is 0. The van der Waals surface area contributed by atoms with Crippen molar-refractivity contribution in [3.8, 4) is 5.75 Å². The van der Waals surface area contributed by atoms with Crippen molar-refractivity contribution in [2.45, 2.75) is 19.9 Å². The molecule has 8 heteroatoms. The molecule has 1 aliphatic rings. The number of esters is 2. The molecule has 0 N–H and O–H groups in total. The van der Waals surface area contributed by atoms with Crippen LogP contribution in [0.5, 0.6) is 5.75 Å². The minimum atomic E-state index is -0.694. The lowest BCUT2D eigenvalue weighted by molar-refractivity contribution is -0.138. The third-order valence-electron chi connectivity index (χ3n) is 5.15. The van der Waals surface area contributed by atoms with Crippen LogP contribution in [0.4, 0.5) is 0 Å². The van der Waals surface area contributed by atoms with E-state index in [1.165, 1.54) is 28.9 Å². The standard InChI is InChI=1S/C26H22N2O5S/c1-4-14-32-25(31)22-16(2)27-26-28(23(22)18-10-6-5-7-11-18)24(30)21(34-26)15-19-12-8-9-13-20(19)33-17(3)29/h4-13,15,23H,1,14H2,2-3H3/b21-15+/t23-/m0/s1. The number of fused-ring (bicyclic) bond motifs is 1. The first-order chi connectivity index (χ1) is 16.4. The Hall–Kier alpha value is -4.04. The molecular weight excluding hydrogens is 452 g/mol. The van der Waals surface area contributed by atoms with Gasteiger partial charge < -0.3 is 9.47 Å². The molecule has 1 aromatic heterocycles. The lowest BCUT2D eigenvalue weighted by Crippen LogP contribution is -2.39. The number of ether oxygens (including phenoxy) is 2. The Morgan fingerprint density at radius 3 is 2.56 bits per heavy atom. The van der Waals surface area contributed by atoms with Gasteiger partial charge in [-0.3, -0.25) is 14.2 Å². The van der Waals surface area contributed by atoms with Crippen LogP contribution in [0.2, 0.25) is 0 Å². The van der Waals surface area contributed by atoms with Gasteiger partial charge >= 0.3 is 11.9 Å². The molecule has 1 aliphatic heterocycles. The van der Waals surface area contributed by atoms with Crippen molar-refractivity contribution in [3.63, 3.8) is 0 Å². The zero-order valence-electron chi connectivity index (χ0n) is 18.7. The molecule has 4 rings (SSSR count). The molecule has 0 radical (unpaired) electrons. The zero-order valence-corrected chi connectivity index (χ0v) is 19.5. The summed E-state index contributed by atoms with van der Waals surface area (Å²) < 4.78 is 12.5. The van der Waals surface area contributed by atoms with Gasteiger partial charge in [0.25, 0.3) is 5.56 Å². The SMILES string of the molecule is C=CCOC(=O)C1=C(C)N=c2s/c(=C/c3ccccc3OC(C)=O)c(=O)n2[C@H]1c1ccccc1. The first-order valence-electron chi connectivity index (χ1n) is 10.5. The van der Waals surface area contributed by atoms with Crippen LogP contribution in [-0.2, 0) is 14.3 Å². The zero-order chi connectivity index (χ0) is 24.2. The van der Waals surface area contributed by atoms with E-state index in [0.717, 1.165) is 5.56 Å². The third kappa shape index (κ3) is 4.53. The lowest BCUT2D eigenvalue weighted by Gasteiger charge is -2.24. The number of carbonyl (C=O) groups excluding carboxylic acids is 2. The van der Waals surface area contributed by atoms with E-state index in [2.05, 4.69) is 11.6 Å². The molecule has 0 unspecified atom stereocenters. The molecule has 0 saturated heterocycles. The minimum Gasteiger partial charge on any atom is -0.458 e. The Bertz CT molecular complexity index is 1480. The van der Waals surface area contributed by atoms with E-state index < -0.39 is 18.0 Å². The van der Waals surface area contributed by atoms with E-state index in [-0.39, 0.29) is 12.2 Å². The molecule has 0 saturated carbocycles. The fourth-order valence-corrected chi connectivity index (χ4v) is 4.77. The normalized spacial score (nSPS) is 15.4. The molecule has 0 aliphatic carbocycles. The van der Waals surface area contributed by atoms with E-state index >= 15 is 0 Å². The van der Waals surface area contributed by atoms with Crippen LogP contribution in [-0.4, -0.2) is 23.1 Å². The molecule has 7 nitrogen and oxygen atoms in total. The number of allylic oxidation sites excluding steroid dienone is 1. The molecule has 2 heterocycles. The molecule has 172 valence electrons. The van der Waals surface area contributed by atoms with Crippen LogP contribution >= 0.6 is 11.3 Å². The van der Waals surface area contributed by atoms with Crippen molar-refractivity contribution in [2.24, 2.45) is 4.99 Å². The van der Waals surface area contributed by atoms with Gasteiger partial charge in [-0.05, 0) is 24.6 Å². The van der Waals surface area contributed by atoms with Crippen molar-refractivity contribution in [2.75, 3.05) is 6.61 Å². The van der Waals surface area contributed by atoms with Gasteiger partial charge in [0.05, 0.1) is 21.8 Å². The minimum absolute atomic E-state index is 0.0501. The van der Waals surface area contributed by atoms with Gasteiger partial charge in [0, 0.05) is 12.5 Å². The largest absolute Gasteiger partial charge is 0.458 e. The van der Waals surface area contributed by atoms with Crippen LogP contribution in [0.25, 0.3) is 6.08 Å². The maximum Gasteiger partial charge on any atom is 0.338 e. The second-order valence-corrected chi connectivity index (χ2v) is 8.52. The molecular formula is C26H22N2O5S. The molecule has 0 amide bonds. The molecule has 0 fully saturated rings. The van der Waals surface area contributed by atoms with Crippen LogP contribution in [0.1, 0.15) is 31.0 Å². The van der Waals surface area contributed by atoms with Crippen molar-refractivity contribution >= 4 is 29.4 Å². The van der Waals surface area contributed by atoms with Gasteiger partial charge in [-0.25, -0.2) is 9.79 Å². The molecule has 0 bridgehead atoms. The highest BCUT2D eigenvalue weighted by atomic mass is 32.1. The number of nitrogens with zero attached hydrogens (tertiary/aromatic N) is 2. The predicted molar refractivity (Wildman–Crippen MR) is 129 cm³/mol. The number of aromatic nitrogens is 1. The average Bonchev–Trinajstić information content (AvgIpc) is 3.12. The highest BCUT2D eigenvalue weighted by molar-refractivity contribution is 7.07. The van der Waals surface area contributed by atoms with Gasteiger partial charge in [0.1, 0.15) is 12.4 Å². The van der Waals surface area contributed by atoms with Gasteiger partial charge in [0.15, 0.2) is 4.80 Å². The predicted octanol–water partition coefficient (Wildman–Crippen LogP) is 2.89. The second-order valence-electron chi connectivity index (χ2n) is 7.51. The summed E-state index contributed by atoms with van der Waals surface area (Å²) in [6.07, 6.45) is 3.15. The fourth-order valence-electron chi connectivity index (χ4n) is 3.73. The smallest absolute Gasteiger partial charge is 0.338 e. The van der Waals surface area contributed by atoms with Gasteiger partial charge in [-0.15, -0.1) is 0 Å². The van der Waals surface area contributed by atoms with Crippen LogP contribution in [0.15, 0.2) is 88.3 Å². The number of rotatable bonds is 6. The molecule has 34 heavy (non-hydrogen) atoms. The van der Waals surface area contributed by atoms with Crippen molar-refractivity contribution in [1.82, 2.24) is 4.57 Å². The van der Waals surface area contributed by atoms with E-state index in [1.807, 2.05) is 30.3 Å². The highest BCUT2D eigenvalue weighted by Crippen LogP contribution is 2.30. The maximum absolute atomic E-state index is 13.6. The van der Waals surface area contributed by atoms with Crippen molar-refractivity contribution in [1.29, 1.82) is 0 Å². The van der Waals surface area contributed by atoms with Gasteiger partial charge in [0.2, 0.25) is 0 Å². The summed E-state index contributed by atoms with van der Waals surface area (Å²) in [5.74, 6) is -0.653. The summed E-state index contributed by atoms with van der Waals surface area (Å²) in [5.41, 5.74) is 1.82. The topological polar surface area (TPSA) is 87.0 Å². The molecule has 2 aromatic carbocycles. The number of benzene rings is 2. The first kappa shape index (κ1) is 23.1. The summed E-state index contributed by atoms with van der Waals surface area (Å²) in [6.45, 7) is 6.69. The summed E-state index contributed by atoms with van der Waals surface area (Å²) in [6, 6.07) is 15.5. The monoisotopic (exact) mass is 474 g/mol. The number of hydrogen-bond acceptors (Lipinski definition) is 7. The van der Waals surface area contributed by atoms with Crippen LogP contribution in [0, 0.1) is 0 Å². The Morgan fingerprint density at radius 1 is 1.15 bits per heavy atom. The number of carbonyl (C=O) groups is 2. The van der Waals surface area contributed by atoms with Crippen LogP contribution in [0.3, 0.4) is 0 Å². The van der Waals surface area contributed by atoms with Gasteiger partial charge in [-0.2, -0.15) is 0 Å². The highest BCUT2D eigenvalue weighted by Gasteiger charge is 2.33. The van der Waals surface area contributed by atoms with E-state index in [0.29, 0.717) is 31.9 Å².